The number of benzene rings is 3. The number of nitro groups is 1. The van der Waals surface area contributed by atoms with E-state index in [0.717, 1.165) is 22.3 Å². The van der Waals surface area contributed by atoms with Gasteiger partial charge in [-0.25, -0.2) is 4.79 Å². The molecule has 11 nitrogen and oxygen atoms in total. The van der Waals surface area contributed by atoms with Crippen molar-refractivity contribution in [1.82, 2.24) is 10.6 Å². The molecule has 0 saturated carbocycles. The second kappa shape index (κ2) is 14.9. The Hall–Kier alpha value is -4.32. The highest BCUT2D eigenvalue weighted by Crippen LogP contribution is 2.44. The van der Waals surface area contributed by atoms with E-state index < -0.39 is 23.0 Å². The van der Waals surface area contributed by atoms with Crippen LogP contribution in [0.5, 0.6) is 0 Å². The van der Waals surface area contributed by atoms with Gasteiger partial charge < -0.3 is 30.0 Å². The Labute approximate surface area is 237 Å². The SMILES string of the molecule is O=C(N[C@@H](Cc1ccc([N+](=O)[O-])cc1)C(=O)NCCOCCOCCO)OCC1c2ccccc2-c2ccccc21. The molecule has 1 aliphatic rings. The fraction of sp³-hybridized carbons (Fsp3) is 0.333. The number of aliphatic hydroxyl groups excluding tert-OH is 1. The Morgan fingerprint density at radius 2 is 1.49 bits per heavy atom. The van der Waals surface area contributed by atoms with E-state index in [0.29, 0.717) is 18.8 Å². The zero-order valence-corrected chi connectivity index (χ0v) is 22.5. The first-order chi connectivity index (χ1) is 20.0. The molecule has 41 heavy (non-hydrogen) atoms. The number of nitrogens with zero attached hydrogens (tertiary/aromatic N) is 1. The van der Waals surface area contributed by atoms with E-state index in [9.17, 15) is 19.7 Å². The number of non-ortho nitro benzene ring substituents is 1. The molecule has 0 fully saturated rings. The summed E-state index contributed by atoms with van der Waals surface area (Å²) < 4.78 is 16.1. The van der Waals surface area contributed by atoms with Gasteiger partial charge in [0.2, 0.25) is 5.91 Å². The summed E-state index contributed by atoms with van der Waals surface area (Å²) in [4.78, 5) is 36.4. The minimum atomic E-state index is -0.986. The number of rotatable bonds is 15. The van der Waals surface area contributed by atoms with Gasteiger partial charge in [-0.3, -0.25) is 14.9 Å². The number of nitro benzene ring substituents is 1. The van der Waals surface area contributed by atoms with Crippen LogP contribution in [0.3, 0.4) is 0 Å². The van der Waals surface area contributed by atoms with Crippen molar-refractivity contribution in [2.75, 3.05) is 46.2 Å². The fourth-order valence-corrected chi connectivity index (χ4v) is 4.74. The minimum Gasteiger partial charge on any atom is -0.449 e. The number of alkyl carbamates (subject to hydrolysis) is 1. The Balaban J connectivity index is 1.36. The number of carbonyl (C=O) groups is 2. The molecule has 4 rings (SSSR count). The molecule has 3 aromatic rings. The number of hydrogen-bond donors (Lipinski definition) is 3. The first kappa shape index (κ1) is 29.7. The van der Waals surface area contributed by atoms with Gasteiger partial charge in [-0.05, 0) is 27.8 Å². The summed E-state index contributed by atoms with van der Waals surface area (Å²) in [6.45, 7) is 1.30. The average Bonchev–Trinajstić information content (AvgIpc) is 3.31. The lowest BCUT2D eigenvalue weighted by Crippen LogP contribution is -2.49. The van der Waals surface area contributed by atoms with Gasteiger partial charge in [-0.15, -0.1) is 0 Å². The molecule has 216 valence electrons. The summed E-state index contributed by atoms with van der Waals surface area (Å²) in [5.41, 5.74) is 4.92. The summed E-state index contributed by atoms with van der Waals surface area (Å²) in [5, 5.41) is 25.1. The quantitative estimate of drug-likeness (QED) is 0.145. The molecule has 0 spiro atoms. The highest BCUT2D eigenvalue weighted by Gasteiger charge is 2.30. The van der Waals surface area contributed by atoms with Crippen molar-refractivity contribution in [2.24, 2.45) is 0 Å². The predicted octanol–water partition coefficient (Wildman–Crippen LogP) is 3.19. The second-order valence-electron chi connectivity index (χ2n) is 9.39. The Bertz CT molecular complexity index is 1290. The van der Waals surface area contributed by atoms with E-state index in [-0.39, 0.29) is 51.0 Å². The summed E-state index contributed by atoms with van der Waals surface area (Å²) in [6.07, 6.45) is -0.643. The topological polar surface area (TPSA) is 149 Å². The molecule has 1 aliphatic carbocycles. The smallest absolute Gasteiger partial charge is 0.407 e. The minimum absolute atomic E-state index is 0.0666. The van der Waals surface area contributed by atoms with Crippen LogP contribution in [0.15, 0.2) is 72.8 Å². The van der Waals surface area contributed by atoms with Gasteiger partial charge in [0, 0.05) is 31.0 Å². The van der Waals surface area contributed by atoms with Crippen molar-refractivity contribution < 1.29 is 33.8 Å². The van der Waals surface area contributed by atoms with Crippen molar-refractivity contribution in [1.29, 1.82) is 0 Å². The number of hydrogen-bond acceptors (Lipinski definition) is 8. The zero-order chi connectivity index (χ0) is 29.0. The molecule has 2 amide bonds. The third kappa shape index (κ3) is 8.10. The van der Waals surface area contributed by atoms with Gasteiger partial charge in [0.05, 0.1) is 38.0 Å². The Morgan fingerprint density at radius 3 is 2.10 bits per heavy atom. The maximum absolute atomic E-state index is 13.0. The molecule has 0 aromatic heterocycles. The molecule has 0 aliphatic heterocycles. The van der Waals surface area contributed by atoms with Crippen LogP contribution < -0.4 is 10.6 Å². The van der Waals surface area contributed by atoms with Crippen LogP contribution in [0.4, 0.5) is 10.5 Å². The van der Waals surface area contributed by atoms with E-state index in [4.69, 9.17) is 19.3 Å². The molecule has 3 N–H and O–H groups in total. The number of nitrogens with one attached hydrogen (secondary N) is 2. The largest absolute Gasteiger partial charge is 0.449 e. The maximum atomic E-state index is 13.0. The van der Waals surface area contributed by atoms with Crippen molar-refractivity contribution in [2.45, 2.75) is 18.4 Å². The Kier molecular flexibility index (Phi) is 10.8. The van der Waals surface area contributed by atoms with Crippen LogP contribution in [0.2, 0.25) is 0 Å². The monoisotopic (exact) mass is 563 g/mol. The number of fused-ring (bicyclic) bond motifs is 3. The molecule has 0 radical (unpaired) electrons. The Morgan fingerprint density at radius 1 is 0.878 bits per heavy atom. The lowest BCUT2D eigenvalue weighted by molar-refractivity contribution is -0.384. The fourth-order valence-electron chi connectivity index (χ4n) is 4.74. The third-order valence-electron chi connectivity index (χ3n) is 6.69. The first-order valence-electron chi connectivity index (χ1n) is 13.4. The molecule has 3 aromatic carbocycles. The number of carbonyl (C=O) groups excluding carboxylic acids is 2. The summed E-state index contributed by atoms with van der Waals surface area (Å²) in [5.74, 6) is -0.578. The van der Waals surface area contributed by atoms with Crippen LogP contribution in [-0.2, 0) is 25.4 Å². The van der Waals surface area contributed by atoms with Crippen LogP contribution in [-0.4, -0.2) is 74.3 Å². The van der Waals surface area contributed by atoms with Gasteiger partial charge in [0.1, 0.15) is 12.6 Å². The predicted molar refractivity (Wildman–Crippen MR) is 151 cm³/mol. The van der Waals surface area contributed by atoms with Gasteiger partial charge in [-0.2, -0.15) is 0 Å². The molecular weight excluding hydrogens is 530 g/mol. The molecule has 0 saturated heterocycles. The molecular formula is C30H33N3O8. The molecule has 0 unspecified atom stereocenters. The summed E-state index contributed by atoms with van der Waals surface area (Å²) in [7, 11) is 0. The van der Waals surface area contributed by atoms with E-state index in [2.05, 4.69) is 10.6 Å². The normalized spacial score (nSPS) is 12.7. The van der Waals surface area contributed by atoms with Gasteiger partial charge in [-0.1, -0.05) is 60.7 Å². The van der Waals surface area contributed by atoms with Crippen molar-refractivity contribution >= 4 is 17.7 Å². The standard InChI is InChI=1S/C30H33N3O8/c34-14-16-40-18-17-39-15-13-31-29(35)28(19-21-9-11-22(12-10-21)33(37)38)32-30(36)41-20-27-25-7-3-1-5-23(25)24-6-2-4-8-26(24)27/h1-12,27-28,34H,13-20H2,(H,31,35)(H,32,36)/t28-/m0/s1. The first-order valence-corrected chi connectivity index (χ1v) is 13.4. The van der Waals surface area contributed by atoms with E-state index in [1.165, 1.54) is 12.1 Å². The average molecular weight is 564 g/mol. The molecule has 1 atom stereocenters. The zero-order valence-electron chi connectivity index (χ0n) is 22.5. The van der Waals surface area contributed by atoms with E-state index in [1.807, 2.05) is 48.5 Å². The third-order valence-corrected chi connectivity index (χ3v) is 6.69. The van der Waals surface area contributed by atoms with Crippen molar-refractivity contribution in [3.05, 3.63) is 99.6 Å². The lowest BCUT2D eigenvalue weighted by Gasteiger charge is -2.20. The number of ether oxygens (including phenoxy) is 3. The van der Waals surface area contributed by atoms with Crippen LogP contribution in [0.1, 0.15) is 22.6 Å². The number of aliphatic hydroxyl groups is 1. The maximum Gasteiger partial charge on any atom is 0.407 e. The van der Waals surface area contributed by atoms with Crippen LogP contribution >= 0.6 is 0 Å². The van der Waals surface area contributed by atoms with Gasteiger partial charge in [0.25, 0.3) is 5.69 Å². The summed E-state index contributed by atoms with van der Waals surface area (Å²) in [6, 6.07) is 20.8. The molecule has 11 heteroatoms. The van der Waals surface area contributed by atoms with Crippen LogP contribution in [0, 0.1) is 10.1 Å². The highest BCUT2D eigenvalue weighted by atomic mass is 16.6. The summed E-state index contributed by atoms with van der Waals surface area (Å²) >= 11 is 0. The number of amides is 2. The molecule has 0 heterocycles. The van der Waals surface area contributed by atoms with Crippen molar-refractivity contribution in [3.63, 3.8) is 0 Å². The van der Waals surface area contributed by atoms with E-state index >= 15 is 0 Å². The molecule has 0 bridgehead atoms. The van der Waals surface area contributed by atoms with Crippen LogP contribution in [0.25, 0.3) is 11.1 Å². The second-order valence-corrected chi connectivity index (χ2v) is 9.39. The van der Waals surface area contributed by atoms with Gasteiger partial charge >= 0.3 is 6.09 Å². The van der Waals surface area contributed by atoms with Gasteiger partial charge in [0.15, 0.2) is 0 Å². The highest BCUT2D eigenvalue weighted by molar-refractivity contribution is 5.86. The van der Waals surface area contributed by atoms with Crippen molar-refractivity contribution in [3.8, 4) is 11.1 Å². The lowest BCUT2D eigenvalue weighted by atomic mass is 9.98. The van der Waals surface area contributed by atoms with E-state index in [1.54, 1.807) is 12.1 Å².